The molecular weight excluding hydrogens is 232 g/mol. The van der Waals surface area contributed by atoms with Gasteiger partial charge in [0.2, 0.25) is 0 Å². The normalized spacial score (nSPS) is 25.2. The molecule has 2 aliphatic rings. The standard InChI is InChI=1S/C17H26N2/c1-2-6-15(7-3-1)10-12-19-13-11-17(14-19)18-16-8-4-5-9-16/h1-3,6-7,16-18H,4-5,8-14H2. The molecule has 0 spiro atoms. The van der Waals surface area contributed by atoms with Crippen molar-refractivity contribution in [3.63, 3.8) is 0 Å². The number of nitrogens with one attached hydrogen (secondary N) is 1. The van der Waals surface area contributed by atoms with Gasteiger partial charge in [-0.05, 0) is 37.8 Å². The molecule has 104 valence electrons. The van der Waals surface area contributed by atoms with Crippen LogP contribution in [0.25, 0.3) is 0 Å². The Morgan fingerprint density at radius 1 is 1.00 bits per heavy atom. The molecular formula is C17H26N2. The van der Waals surface area contributed by atoms with Crippen molar-refractivity contribution >= 4 is 0 Å². The van der Waals surface area contributed by atoms with Crippen molar-refractivity contribution in [3.8, 4) is 0 Å². The van der Waals surface area contributed by atoms with Crippen LogP contribution in [-0.4, -0.2) is 36.6 Å². The van der Waals surface area contributed by atoms with Crippen molar-refractivity contribution in [1.82, 2.24) is 10.2 Å². The van der Waals surface area contributed by atoms with Crippen LogP contribution in [-0.2, 0) is 6.42 Å². The van der Waals surface area contributed by atoms with Crippen molar-refractivity contribution in [2.24, 2.45) is 0 Å². The van der Waals surface area contributed by atoms with E-state index in [9.17, 15) is 0 Å². The van der Waals surface area contributed by atoms with E-state index in [1.54, 1.807) is 0 Å². The van der Waals surface area contributed by atoms with Crippen molar-refractivity contribution < 1.29 is 0 Å². The van der Waals surface area contributed by atoms with E-state index in [-0.39, 0.29) is 0 Å². The fourth-order valence-electron chi connectivity index (χ4n) is 3.53. The van der Waals surface area contributed by atoms with E-state index in [2.05, 4.69) is 40.5 Å². The number of nitrogens with zero attached hydrogens (tertiary/aromatic N) is 1. The summed E-state index contributed by atoms with van der Waals surface area (Å²) in [5, 5.41) is 3.86. The van der Waals surface area contributed by atoms with E-state index in [1.807, 2.05) is 0 Å². The smallest absolute Gasteiger partial charge is 0.0209 e. The van der Waals surface area contributed by atoms with Gasteiger partial charge in [0.25, 0.3) is 0 Å². The van der Waals surface area contributed by atoms with Gasteiger partial charge in [0.1, 0.15) is 0 Å². The van der Waals surface area contributed by atoms with Crippen LogP contribution in [0.3, 0.4) is 0 Å². The highest BCUT2D eigenvalue weighted by Gasteiger charge is 2.25. The topological polar surface area (TPSA) is 15.3 Å². The van der Waals surface area contributed by atoms with Gasteiger partial charge >= 0.3 is 0 Å². The van der Waals surface area contributed by atoms with Crippen LogP contribution in [0.2, 0.25) is 0 Å². The van der Waals surface area contributed by atoms with E-state index in [0.717, 1.165) is 12.1 Å². The number of rotatable bonds is 5. The van der Waals surface area contributed by atoms with E-state index >= 15 is 0 Å². The van der Waals surface area contributed by atoms with Crippen LogP contribution in [0.4, 0.5) is 0 Å². The van der Waals surface area contributed by atoms with Gasteiger partial charge in [-0.1, -0.05) is 43.2 Å². The third-order valence-corrected chi connectivity index (χ3v) is 4.66. The Balaban J connectivity index is 1.39. The molecule has 1 aliphatic carbocycles. The second-order valence-electron chi connectivity index (χ2n) is 6.17. The third-order valence-electron chi connectivity index (χ3n) is 4.66. The minimum atomic E-state index is 0.749. The second kappa shape index (κ2) is 6.53. The zero-order valence-electron chi connectivity index (χ0n) is 11.9. The summed E-state index contributed by atoms with van der Waals surface area (Å²) in [4.78, 5) is 2.62. The van der Waals surface area contributed by atoms with Crippen LogP contribution in [0.1, 0.15) is 37.7 Å². The monoisotopic (exact) mass is 258 g/mol. The van der Waals surface area contributed by atoms with E-state index in [0.29, 0.717) is 0 Å². The van der Waals surface area contributed by atoms with Gasteiger partial charge < -0.3 is 10.2 Å². The minimum absolute atomic E-state index is 0.749. The SMILES string of the molecule is c1ccc(CCN2CCC(NC3CCCC3)C2)cc1. The fourth-order valence-corrected chi connectivity index (χ4v) is 3.53. The summed E-state index contributed by atoms with van der Waals surface area (Å²) >= 11 is 0. The van der Waals surface area contributed by atoms with Crippen molar-refractivity contribution in [2.75, 3.05) is 19.6 Å². The van der Waals surface area contributed by atoms with Crippen molar-refractivity contribution in [2.45, 2.75) is 50.6 Å². The lowest BCUT2D eigenvalue weighted by Crippen LogP contribution is -2.38. The predicted molar refractivity (Wildman–Crippen MR) is 80.4 cm³/mol. The lowest BCUT2D eigenvalue weighted by atomic mass is 10.1. The summed E-state index contributed by atoms with van der Waals surface area (Å²) < 4.78 is 0. The molecule has 1 atom stereocenters. The molecule has 0 aromatic heterocycles. The zero-order valence-corrected chi connectivity index (χ0v) is 11.9. The molecule has 2 fully saturated rings. The van der Waals surface area contributed by atoms with Gasteiger partial charge in [0, 0.05) is 25.2 Å². The molecule has 1 unspecified atom stereocenters. The molecule has 1 aliphatic heterocycles. The first kappa shape index (κ1) is 13.1. The number of hydrogen-bond acceptors (Lipinski definition) is 2. The first-order valence-electron chi connectivity index (χ1n) is 7.92. The molecule has 0 amide bonds. The lowest BCUT2D eigenvalue weighted by Gasteiger charge is -2.20. The predicted octanol–water partition coefficient (Wildman–Crippen LogP) is 2.84. The van der Waals surface area contributed by atoms with E-state index < -0.39 is 0 Å². The Bertz CT molecular complexity index is 370. The van der Waals surface area contributed by atoms with Crippen LogP contribution >= 0.6 is 0 Å². The van der Waals surface area contributed by atoms with Crippen molar-refractivity contribution in [3.05, 3.63) is 35.9 Å². The van der Waals surface area contributed by atoms with Crippen LogP contribution in [0, 0.1) is 0 Å². The maximum Gasteiger partial charge on any atom is 0.0209 e. The van der Waals surface area contributed by atoms with Gasteiger partial charge in [-0.2, -0.15) is 0 Å². The molecule has 1 heterocycles. The summed E-state index contributed by atoms with van der Waals surface area (Å²) in [7, 11) is 0. The van der Waals surface area contributed by atoms with Crippen LogP contribution in [0.15, 0.2) is 30.3 Å². The van der Waals surface area contributed by atoms with E-state index in [1.165, 1.54) is 63.7 Å². The number of likely N-dealkylation sites (tertiary alicyclic amines) is 1. The van der Waals surface area contributed by atoms with Gasteiger partial charge in [-0.25, -0.2) is 0 Å². The van der Waals surface area contributed by atoms with Crippen LogP contribution < -0.4 is 5.32 Å². The highest BCUT2D eigenvalue weighted by molar-refractivity contribution is 5.14. The molecule has 2 nitrogen and oxygen atoms in total. The Morgan fingerprint density at radius 2 is 1.79 bits per heavy atom. The molecule has 1 N–H and O–H groups in total. The first-order chi connectivity index (χ1) is 9.40. The maximum atomic E-state index is 3.86. The fraction of sp³-hybridized carbons (Fsp3) is 0.647. The Kier molecular flexibility index (Phi) is 4.52. The zero-order chi connectivity index (χ0) is 12.9. The molecule has 1 aromatic rings. The largest absolute Gasteiger partial charge is 0.310 e. The molecule has 1 aromatic carbocycles. The van der Waals surface area contributed by atoms with Gasteiger partial charge in [-0.3, -0.25) is 0 Å². The summed E-state index contributed by atoms with van der Waals surface area (Å²) in [6, 6.07) is 12.4. The minimum Gasteiger partial charge on any atom is -0.310 e. The van der Waals surface area contributed by atoms with Gasteiger partial charge in [0.15, 0.2) is 0 Å². The van der Waals surface area contributed by atoms with Gasteiger partial charge in [0.05, 0.1) is 0 Å². The molecule has 1 saturated carbocycles. The maximum absolute atomic E-state index is 3.86. The average molecular weight is 258 g/mol. The summed E-state index contributed by atoms with van der Waals surface area (Å²) in [6.45, 7) is 3.74. The number of hydrogen-bond donors (Lipinski definition) is 1. The summed E-state index contributed by atoms with van der Waals surface area (Å²) in [6.07, 6.45) is 8.20. The molecule has 1 saturated heterocycles. The molecule has 0 radical (unpaired) electrons. The molecule has 3 rings (SSSR count). The molecule has 0 bridgehead atoms. The summed E-state index contributed by atoms with van der Waals surface area (Å²) in [5.41, 5.74) is 1.47. The van der Waals surface area contributed by atoms with Gasteiger partial charge in [-0.15, -0.1) is 0 Å². The Labute approximate surface area is 117 Å². The first-order valence-corrected chi connectivity index (χ1v) is 7.92. The highest BCUT2D eigenvalue weighted by atomic mass is 15.2. The highest BCUT2D eigenvalue weighted by Crippen LogP contribution is 2.20. The lowest BCUT2D eigenvalue weighted by molar-refractivity contribution is 0.325. The number of benzene rings is 1. The van der Waals surface area contributed by atoms with Crippen molar-refractivity contribution in [1.29, 1.82) is 0 Å². The van der Waals surface area contributed by atoms with E-state index in [4.69, 9.17) is 0 Å². The third kappa shape index (κ3) is 3.80. The second-order valence-corrected chi connectivity index (χ2v) is 6.17. The average Bonchev–Trinajstić information content (AvgIpc) is 3.10. The Morgan fingerprint density at radius 3 is 2.58 bits per heavy atom. The molecule has 2 heteroatoms. The summed E-state index contributed by atoms with van der Waals surface area (Å²) in [5.74, 6) is 0. The quantitative estimate of drug-likeness (QED) is 0.873. The van der Waals surface area contributed by atoms with Crippen LogP contribution in [0.5, 0.6) is 0 Å². The Hall–Kier alpha value is -0.860. The molecule has 19 heavy (non-hydrogen) atoms.